The van der Waals surface area contributed by atoms with Gasteiger partial charge in [0, 0.05) is 17.7 Å². The third-order valence-corrected chi connectivity index (χ3v) is 3.33. The van der Waals surface area contributed by atoms with Crippen molar-refractivity contribution in [3.8, 4) is 11.5 Å². The normalized spacial score (nSPS) is 12.4. The summed E-state index contributed by atoms with van der Waals surface area (Å²) in [6.45, 7) is 0.657. The van der Waals surface area contributed by atoms with Gasteiger partial charge in [0.15, 0.2) is 0 Å². The Morgan fingerprint density at radius 2 is 1.30 bits per heavy atom. The van der Waals surface area contributed by atoms with Crippen molar-refractivity contribution in [2.75, 3.05) is 6.54 Å². The molecule has 0 spiro atoms. The van der Waals surface area contributed by atoms with E-state index in [1.54, 1.807) is 36.4 Å². The second-order valence-electron chi connectivity index (χ2n) is 4.93. The van der Waals surface area contributed by atoms with Crippen LogP contribution in [0.2, 0.25) is 0 Å². The summed E-state index contributed by atoms with van der Waals surface area (Å²) in [7, 11) is 0. The molecule has 0 heterocycles. The third-order valence-electron chi connectivity index (χ3n) is 3.33. The van der Waals surface area contributed by atoms with Crippen LogP contribution in [0.1, 0.15) is 11.1 Å². The van der Waals surface area contributed by atoms with Crippen LogP contribution < -0.4 is 11.5 Å². The molecule has 2 aromatic rings. The molecule has 6 nitrogen and oxygen atoms in total. The van der Waals surface area contributed by atoms with Crippen LogP contribution in [-0.2, 0) is 13.1 Å². The molecule has 0 aliphatic heterocycles. The predicted molar refractivity (Wildman–Crippen MR) is 91.7 cm³/mol. The number of hydrogen-bond donors (Lipinski definition) is 4. The fourth-order valence-electron chi connectivity index (χ4n) is 1.98. The minimum Gasteiger partial charge on any atom is -0.508 e. The molecule has 0 bridgehead atoms. The SMILES string of the molecule is NCC(=N\Cc1ccccc1O)/C(N)=N/Cc1ccccc1O. The average Bonchev–Trinajstić information content (AvgIpc) is 2.56. The highest BCUT2D eigenvalue weighted by molar-refractivity contribution is 6.41. The van der Waals surface area contributed by atoms with Gasteiger partial charge >= 0.3 is 0 Å². The third kappa shape index (κ3) is 4.55. The van der Waals surface area contributed by atoms with Crippen molar-refractivity contribution in [3.05, 3.63) is 59.7 Å². The van der Waals surface area contributed by atoms with Gasteiger partial charge in [-0.2, -0.15) is 0 Å². The molecule has 0 amide bonds. The zero-order valence-electron chi connectivity index (χ0n) is 12.7. The summed E-state index contributed by atoms with van der Waals surface area (Å²) in [4.78, 5) is 8.54. The van der Waals surface area contributed by atoms with E-state index in [4.69, 9.17) is 11.5 Å². The van der Waals surface area contributed by atoms with E-state index in [9.17, 15) is 10.2 Å². The number of rotatable bonds is 6. The van der Waals surface area contributed by atoms with Gasteiger partial charge in [0.25, 0.3) is 0 Å². The lowest BCUT2D eigenvalue weighted by Crippen LogP contribution is -2.31. The van der Waals surface area contributed by atoms with Gasteiger partial charge in [-0.05, 0) is 12.1 Å². The first kappa shape index (κ1) is 16.5. The van der Waals surface area contributed by atoms with Crippen LogP contribution in [0.15, 0.2) is 58.5 Å². The van der Waals surface area contributed by atoms with Crippen molar-refractivity contribution in [2.24, 2.45) is 21.5 Å². The van der Waals surface area contributed by atoms with Crippen LogP contribution in [-0.4, -0.2) is 28.3 Å². The first-order valence-electron chi connectivity index (χ1n) is 7.19. The van der Waals surface area contributed by atoms with E-state index in [1.807, 2.05) is 12.1 Å². The lowest BCUT2D eigenvalue weighted by atomic mass is 10.2. The number of phenols is 2. The molecule has 2 aromatic carbocycles. The van der Waals surface area contributed by atoms with Crippen molar-refractivity contribution < 1.29 is 10.2 Å². The second kappa shape index (κ2) is 7.95. The highest BCUT2D eigenvalue weighted by Crippen LogP contribution is 2.17. The van der Waals surface area contributed by atoms with Gasteiger partial charge in [-0.1, -0.05) is 36.4 Å². The van der Waals surface area contributed by atoms with E-state index < -0.39 is 0 Å². The molecule has 0 unspecified atom stereocenters. The summed E-state index contributed by atoms with van der Waals surface area (Å²) in [6, 6.07) is 13.9. The Bertz CT molecular complexity index is 726. The van der Waals surface area contributed by atoms with Crippen LogP contribution in [0.4, 0.5) is 0 Å². The summed E-state index contributed by atoms with van der Waals surface area (Å²) in [5, 5.41) is 19.4. The minimum absolute atomic E-state index is 0.143. The molecule has 0 aliphatic carbocycles. The monoisotopic (exact) mass is 312 g/mol. The van der Waals surface area contributed by atoms with Gasteiger partial charge in [-0.25, -0.2) is 0 Å². The van der Waals surface area contributed by atoms with E-state index in [1.165, 1.54) is 0 Å². The second-order valence-corrected chi connectivity index (χ2v) is 4.93. The maximum atomic E-state index is 9.73. The number of nitrogens with two attached hydrogens (primary N) is 2. The van der Waals surface area contributed by atoms with Crippen LogP contribution in [0, 0.1) is 0 Å². The maximum Gasteiger partial charge on any atom is 0.141 e. The molecule has 0 saturated carbocycles. The Morgan fingerprint density at radius 1 is 0.826 bits per heavy atom. The number of benzene rings is 2. The minimum atomic E-state index is 0.143. The predicted octanol–water partition coefficient (Wildman–Crippen LogP) is 1.55. The number of nitrogens with zero attached hydrogens (tertiary/aromatic N) is 2. The maximum absolute atomic E-state index is 9.73. The fraction of sp³-hybridized carbons (Fsp3) is 0.176. The quantitative estimate of drug-likeness (QED) is 0.478. The molecule has 120 valence electrons. The van der Waals surface area contributed by atoms with Crippen molar-refractivity contribution in [1.82, 2.24) is 0 Å². The van der Waals surface area contributed by atoms with Gasteiger partial charge in [0.1, 0.15) is 17.3 Å². The molecular weight excluding hydrogens is 292 g/mol. The number of amidine groups is 1. The molecule has 0 atom stereocenters. The van der Waals surface area contributed by atoms with Gasteiger partial charge in [-0.3, -0.25) is 9.98 Å². The number of phenolic OH excluding ortho intramolecular Hbond substituents is 2. The smallest absolute Gasteiger partial charge is 0.141 e. The zero-order valence-corrected chi connectivity index (χ0v) is 12.7. The molecule has 6 N–H and O–H groups in total. The lowest BCUT2D eigenvalue weighted by molar-refractivity contribution is 0.468. The molecule has 0 radical (unpaired) electrons. The summed E-state index contributed by atoms with van der Waals surface area (Å²) >= 11 is 0. The summed E-state index contributed by atoms with van der Waals surface area (Å²) in [5.41, 5.74) is 13.4. The van der Waals surface area contributed by atoms with Crippen molar-refractivity contribution >= 4 is 11.5 Å². The van der Waals surface area contributed by atoms with Crippen LogP contribution >= 0.6 is 0 Å². The first-order valence-corrected chi connectivity index (χ1v) is 7.19. The van der Waals surface area contributed by atoms with Crippen molar-refractivity contribution in [1.29, 1.82) is 0 Å². The van der Waals surface area contributed by atoms with Gasteiger partial charge in [0.2, 0.25) is 0 Å². The zero-order chi connectivity index (χ0) is 16.7. The standard InChI is InChI=1S/C17H20N4O2/c18-9-14(20-10-12-5-1-3-7-15(12)22)17(19)21-11-13-6-2-4-8-16(13)23/h1-8,22-23H,9-11,18H2,(H2,19,21)/b20-14+. The molecule has 6 heteroatoms. The summed E-state index contributed by atoms with van der Waals surface area (Å²) in [5.74, 6) is 0.577. The Balaban J connectivity index is 2.10. The van der Waals surface area contributed by atoms with E-state index in [0.717, 1.165) is 0 Å². The highest BCUT2D eigenvalue weighted by Gasteiger charge is 2.05. The van der Waals surface area contributed by atoms with Crippen LogP contribution in [0.25, 0.3) is 0 Å². The Kier molecular flexibility index (Phi) is 5.71. The largest absolute Gasteiger partial charge is 0.508 e. The first-order chi connectivity index (χ1) is 11.1. The highest BCUT2D eigenvalue weighted by atomic mass is 16.3. The fourth-order valence-corrected chi connectivity index (χ4v) is 1.98. The van der Waals surface area contributed by atoms with Crippen molar-refractivity contribution in [3.63, 3.8) is 0 Å². The van der Waals surface area contributed by atoms with Gasteiger partial charge < -0.3 is 21.7 Å². The molecule has 0 fully saturated rings. The molecule has 2 rings (SSSR count). The average molecular weight is 312 g/mol. The number of para-hydroxylation sites is 2. The molecule has 0 aliphatic rings. The van der Waals surface area contributed by atoms with E-state index in [2.05, 4.69) is 9.98 Å². The summed E-state index contributed by atoms with van der Waals surface area (Å²) < 4.78 is 0. The Hall–Kier alpha value is -2.86. The van der Waals surface area contributed by atoms with Crippen LogP contribution in [0.5, 0.6) is 11.5 Å². The van der Waals surface area contributed by atoms with Gasteiger partial charge in [-0.15, -0.1) is 0 Å². The molecule has 0 saturated heterocycles. The van der Waals surface area contributed by atoms with E-state index in [0.29, 0.717) is 16.8 Å². The van der Waals surface area contributed by atoms with Crippen molar-refractivity contribution in [2.45, 2.75) is 13.1 Å². The lowest BCUT2D eigenvalue weighted by Gasteiger charge is -2.06. The summed E-state index contributed by atoms with van der Waals surface area (Å²) in [6.07, 6.45) is 0. The number of aliphatic imine (C=N–C) groups is 2. The molecule has 23 heavy (non-hydrogen) atoms. The number of aromatic hydroxyl groups is 2. The van der Waals surface area contributed by atoms with E-state index >= 15 is 0 Å². The van der Waals surface area contributed by atoms with Gasteiger partial charge in [0.05, 0.1) is 18.8 Å². The molecule has 0 aromatic heterocycles. The van der Waals surface area contributed by atoms with Crippen LogP contribution in [0.3, 0.4) is 0 Å². The number of hydrogen-bond acceptors (Lipinski definition) is 5. The molecular formula is C17H20N4O2. The Labute approximate surface area is 134 Å². The topological polar surface area (TPSA) is 117 Å². The Morgan fingerprint density at radius 3 is 1.78 bits per heavy atom. The van der Waals surface area contributed by atoms with E-state index in [-0.39, 0.29) is 37.0 Å².